The maximum absolute atomic E-state index is 12.7. The number of ether oxygens (including phenoxy) is 1. The van der Waals surface area contributed by atoms with Crippen LogP contribution in [0.2, 0.25) is 0 Å². The average molecular weight is 334 g/mol. The number of carbonyl (C=O) groups is 2. The zero-order valence-electron chi connectivity index (χ0n) is 13.9. The molecule has 0 aliphatic carbocycles. The zero-order chi connectivity index (χ0) is 17.2. The molecule has 1 unspecified atom stereocenters. The van der Waals surface area contributed by atoms with Gasteiger partial charge in [-0.25, -0.2) is 4.79 Å². The van der Waals surface area contributed by atoms with Gasteiger partial charge in [0.1, 0.15) is 10.6 Å². The molecule has 2 aromatic rings. The Hall–Kier alpha value is -1.88. The summed E-state index contributed by atoms with van der Waals surface area (Å²) in [7, 11) is 0. The Bertz CT molecular complexity index is 724. The Morgan fingerprint density at radius 1 is 1.26 bits per heavy atom. The van der Waals surface area contributed by atoms with Crippen LogP contribution in [0.3, 0.4) is 0 Å². The summed E-state index contributed by atoms with van der Waals surface area (Å²) in [5.74, 6) is -0.628. The molecule has 0 aliphatic rings. The lowest BCUT2D eigenvalue weighted by atomic mass is 9.89. The van der Waals surface area contributed by atoms with E-state index in [0.29, 0.717) is 23.5 Å². The van der Waals surface area contributed by atoms with Crippen molar-refractivity contribution >= 4 is 33.2 Å². The molecule has 23 heavy (non-hydrogen) atoms. The third-order valence-electron chi connectivity index (χ3n) is 3.52. The van der Waals surface area contributed by atoms with Crippen LogP contribution in [0.4, 0.5) is 0 Å². The molecule has 2 rings (SSSR count). The fourth-order valence-corrected chi connectivity index (χ4v) is 3.55. The summed E-state index contributed by atoms with van der Waals surface area (Å²) in [6, 6.07) is 7.55. The fraction of sp³-hybridized carbons (Fsp3) is 0.444. The first-order valence-electron chi connectivity index (χ1n) is 7.71. The first-order valence-corrected chi connectivity index (χ1v) is 8.53. The number of ketones is 1. The molecule has 0 bridgehead atoms. The van der Waals surface area contributed by atoms with Gasteiger partial charge in [0.25, 0.3) is 0 Å². The lowest BCUT2D eigenvalue weighted by molar-refractivity contribution is -0.145. The van der Waals surface area contributed by atoms with Gasteiger partial charge in [0.2, 0.25) is 0 Å². The van der Waals surface area contributed by atoms with Gasteiger partial charge in [0.15, 0.2) is 11.9 Å². The van der Waals surface area contributed by atoms with E-state index in [1.54, 1.807) is 0 Å². The van der Waals surface area contributed by atoms with Crippen LogP contribution in [0, 0.1) is 5.41 Å². The molecule has 0 fully saturated rings. The number of benzene rings is 1. The summed E-state index contributed by atoms with van der Waals surface area (Å²) in [5.41, 5.74) is -0.553. The number of hydrogen-bond donors (Lipinski definition) is 1. The Kier molecular flexibility index (Phi) is 5.09. The van der Waals surface area contributed by atoms with Crippen LogP contribution >= 0.6 is 11.3 Å². The topological polar surface area (TPSA) is 63.6 Å². The second kappa shape index (κ2) is 6.71. The van der Waals surface area contributed by atoms with Crippen LogP contribution in [-0.4, -0.2) is 23.0 Å². The molecule has 0 saturated heterocycles. The molecule has 0 aliphatic heterocycles. The Labute approximate surface area is 140 Å². The first kappa shape index (κ1) is 17.5. The van der Waals surface area contributed by atoms with Gasteiger partial charge in [-0.3, -0.25) is 4.79 Å². The van der Waals surface area contributed by atoms with Crippen molar-refractivity contribution in [3.05, 3.63) is 29.1 Å². The number of carboxylic acids is 1. The van der Waals surface area contributed by atoms with Crippen molar-refractivity contribution in [3.63, 3.8) is 0 Å². The lowest BCUT2D eigenvalue weighted by Crippen LogP contribution is -2.28. The van der Waals surface area contributed by atoms with Crippen molar-refractivity contribution in [2.24, 2.45) is 5.41 Å². The highest BCUT2D eigenvalue weighted by Gasteiger charge is 2.31. The molecule has 1 atom stereocenters. The van der Waals surface area contributed by atoms with Gasteiger partial charge in [-0.1, -0.05) is 46.2 Å². The second-order valence-electron chi connectivity index (χ2n) is 6.57. The third kappa shape index (κ3) is 3.72. The molecule has 5 heteroatoms. The van der Waals surface area contributed by atoms with Crippen molar-refractivity contribution < 1.29 is 19.4 Å². The minimum atomic E-state index is -1.00. The van der Waals surface area contributed by atoms with Gasteiger partial charge in [-0.2, -0.15) is 0 Å². The molecule has 1 aromatic heterocycles. The number of fused-ring (bicyclic) bond motifs is 1. The lowest BCUT2D eigenvalue weighted by Gasteiger charge is -2.19. The SMILES string of the molecule is CCCC(Oc1c(C(=O)C(C)(C)C)sc2ccccc12)C(=O)O. The molecular formula is C18H22O4S. The molecule has 124 valence electrons. The summed E-state index contributed by atoms with van der Waals surface area (Å²) in [5, 5.41) is 10.2. The average Bonchev–Trinajstić information content (AvgIpc) is 2.83. The minimum absolute atomic E-state index is 0.0330. The van der Waals surface area contributed by atoms with Gasteiger partial charge in [-0.05, 0) is 18.6 Å². The quantitative estimate of drug-likeness (QED) is 0.773. The smallest absolute Gasteiger partial charge is 0.344 e. The van der Waals surface area contributed by atoms with E-state index in [2.05, 4.69) is 0 Å². The van der Waals surface area contributed by atoms with E-state index in [1.165, 1.54) is 11.3 Å². The van der Waals surface area contributed by atoms with E-state index in [9.17, 15) is 14.7 Å². The molecule has 1 heterocycles. The molecule has 4 nitrogen and oxygen atoms in total. The molecule has 0 saturated carbocycles. The van der Waals surface area contributed by atoms with E-state index < -0.39 is 17.5 Å². The summed E-state index contributed by atoms with van der Waals surface area (Å²) in [4.78, 5) is 24.7. The number of thiophene rings is 1. The van der Waals surface area contributed by atoms with Crippen LogP contribution in [0.25, 0.3) is 10.1 Å². The van der Waals surface area contributed by atoms with Gasteiger partial charge in [0.05, 0.1) is 0 Å². The zero-order valence-corrected chi connectivity index (χ0v) is 14.7. The number of aliphatic carboxylic acids is 1. The normalized spacial score (nSPS) is 13.0. The highest BCUT2D eigenvalue weighted by atomic mass is 32.1. The summed E-state index contributed by atoms with van der Waals surface area (Å²) >= 11 is 1.36. The Balaban J connectivity index is 2.55. The van der Waals surface area contributed by atoms with E-state index in [-0.39, 0.29) is 5.78 Å². The molecule has 0 amide bonds. The standard InChI is InChI=1S/C18H22O4S/c1-5-8-12(17(20)21)22-14-11-9-6-7-10-13(11)23-15(14)16(19)18(2,3)4/h6-7,9-10,12H,5,8H2,1-4H3,(H,20,21). The maximum atomic E-state index is 12.7. The number of Topliss-reactive ketones (excluding diaryl/α,β-unsaturated/α-hetero) is 1. The highest BCUT2D eigenvalue weighted by Crippen LogP contribution is 2.41. The van der Waals surface area contributed by atoms with Gasteiger partial charge < -0.3 is 9.84 Å². The highest BCUT2D eigenvalue weighted by molar-refractivity contribution is 7.21. The van der Waals surface area contributed by atoms with E-state index >= 15 is 0 Å². The van der Waals surface area contributed by atoms with Crippen molar-refractivity contribution in [2.75, 3.05) is 0 Å². The maximum Gasteiger partial charge on any atom is 0.344 e. The molecule has 0 spiro atoms. The Morgan fingerprint density at radius 3 is 2.48 bits per heavy atom. The molecule has 1 N–H and O–H groups in total. The molecule has 0 radical (unpaired) electrons. The summed E-state index contributed by atoms with van der Waals surface area (Å²) in [6.45, 7) is 7.46. The van der Waals surface area contributed by atoms with Crippen LogP contribution in [-0.2, 0) is 4.79 Å². The summed E-state index contributed by atoms with van der Waals surface area (Å²) < 4.78 is 6.73. The number of hydrogen-bond acceptors (Lipinski definition) is 4. The van der Waals surface area contributed by atoms with Crippen LogP contribution in [0.1, 0.15) is 50.2 Å². The van der Waals surface area contributed by atoms with Crippen molar-refractivity contribution in [1.82, 2.24) is 0 Å². The molecular weight excluding hydrogens is 312 g/mol. The van der Waals surface area contributed by atoms with Crippen LogP contribution in [0.5, 0.6) is 5.75 Å². The first-order chi connectivity index (χ1) is 10.8. The molecule has 1 aromatic carbocycles. The van der Waals surface area contributed by atoms with Gasteiger partial charge in [0, 0.05) is 15.5 Å². The van der Waals surface area contributed by atoms with Crippen LogP contribution in [0.15, 0.2) is 24.3 Å². The van der Waals surface area contributed by atoms with Gasteiger partial charge >= 0.3 is 5.97 Å². The number of carboxylic acid groups (broad SMARTS) is 1. The number of carbonyl (C=O) groups excluding carboxylic acids is 1. The predicted octanol–water partition coefficient (Wildman–Crippen LogP) is 4.76. The third-order valence-corrected chi connectivity index (χ3v) is 4.67. The van der Waals surface area contributed by atoms with E-state index in [1.807, 2.05) is 52.0 Å². The van der Waals surface area contributed by atoms with E-state index in [4.69, 9.17) is 4.74 Å². The van der Waals surface area contributed by atoms with Gasteiger partial charge in [-0.15, -0.1) is 11.3 Å². The van der Waals surface area contributed by atoms with Crippen LogP contribution < -0.4 is 4.74 Å². The Morgan fingerprint density at radius 2 is 1.91 bits per heavy atom. The minimum Gasteiger partial charge on any atom is -0.479 e. The predicted molar refractivity (Wildman–Crippen MR) is 92.6 cm³/mol. The fourth-order valence-electron chi connectivity index (χ4n) is 2.27. The number of rotatable bonds is 6. The van der Waals surface area contributed by atoms with Crippen molar-refractivity contribution in [1.29, 1.82) is 0 Å². The van der Waals surface area contributed by atoms with E-state index in [0.717, 1.165) is 10.1 Å². The monoisotopic (exact) mass is 334 g/mol. The van der Waals surface area contributed by atoms with Crippen molar-refractivity contribution in [2.45, 2.75) is 46.6 Å². The second-order valence-corrected chi connectivity index (χ2v) is 7.62. The van der Waals surface area contributed by atoms with Crippen molar-refractivity contribution in [3.8, 4) is 5.75 Å². The largest absolute Gasteiger partial charge is 0.479 e. The summed E-state index contributed by atoms with van der Waals surface area (Å²) in [6.07, 6.45) is 0.161.